The molecule has 0 radical (unpaired) electrons. The lowest BCUT2D eigenvalue weighted by Crippen LogP contribution is -2.42. The number of hydrogen-bond donors (Lipinski definition) is 0. The van der Waals surface area contributed by atoms with Crippen molar-refractivity contribution in [1.29, 1.82) is 0 Å². The van der Waals surface area contributed by atoms with E-state index >= 15 is 0 Å². The maximum absolute atomic E-state index is 13.0. The third kappa shape index (κ3) is 4.45. The van der Waals surface area contributed by atoms with Crippen molar-refractivity contribution in [3.05, 3.63) is 59.7 Å². The minimum atomic E-state index is -3.60. The van der Waals surface area contributed by atoms with Crippen LogP contribution < -0.4 is 0 Å². The lowest BCUT2D eigenvalue weighted by atomic mass is 10.0. The van der Waals surface area contributed by atoms with E-state index in [1.165, 1.54) is 22.6 Å². The van der Waals surface area contributed by atoms with Crippen LogP contribution in [-0.4, -0.2) is 36.8 Å². The first-order valence-electron chi connectivity index (χ1n) is 9.34. The van der Waals surface area contributed by atoms with Crippen LogP contribution in [0, 0.1) is 11.7 Å². The van der Waals surface area contributed by atoms with Gasteiger partial charge in [0.1, 0.15) is 10.0 Å². The van der Waals surface area contributed by atoms with Crippen molar-refractivity contribution in [2.45, 2.75) is 23.7 Å². The number of piperidine rings is 1. The Bertz CT molecular complexity index is 1110. The monoisotopic (exact) mass is 450 g/mol. The summed E-state index contributed by atoms with van der Waals surface area (Å²) in [7, 11) is -3.60. The fraction of sp³-hybridized carbons (Fsp3) is 0.300. The molecular weight excluding hydrogens is 431 g/mol. The Hall–Kier alpha value is -2.56. The Morgan fingerprint density at radius 1 is 1.30 bits per heavy atom. The number of nitrogens with zero attached hydrogens (tertiary/aromatic N) is 2. The Balaban J connectivity index is 1.36. The van der Waals surface area contributed by atoms with Crippen LogP contribution in [0.3, 0.4) is 0 Å². The first kappa shape index (κ1) is 20.7. The lowest BCUT2D eigenvalue weighted by molar-refractivity contribution is -0.151. The molecule has 4 rings (SSSR count). The highest BCUT2D eigenvalue weighted by molar-refractivity contribution is 7.91. The second kappa shape index (κ2) is 8.66. The summed E-state index contributed by atoms with van der Waals surface area (Å²) in [6, 6.07) is 9.01. The molecule has 3 aromatic rings. The van der Waals surface area contributed by atoms with Gasteiger partial charge >= 0.3 is 5.97 Å². The topological polar surface area (TPSA) is 89.7 Å². The predicted molar refractivity (Wildman–Crippen MR) is 107 cm³/mol. The van der Waals surface area contributed by atoms with Gasteiger partial charge in [-0.25, -0.2) is 17.8 Å². The molecule has 0 amide bonds. The first-order chi connectivity index (χ1) is 14.4. The van der Waals surface area contributed by atoms with Gasteiger partial charge in [0.05, 0.1) is 12.1 Å². The molecule has 158 valence electrons. The minimum Gasteiger partial charge on any atom is -0.455 e. The smallest absolute Gasteiger partial charge is 0.310 e. The van der Waals surface area contributed by atoms with Gasteiger partial charge in [0.2, 0.25) is 5.89 Å². The molecule has 1 fully saturated rings. The van der Waals surface area contributed by atoms with E-state index in [4.69, 9.17) is 9.15 Å². The molecule has 0 N–H and O–H groups in total. The van der Waals surface area contributed by atoms with E-state index in [1.54, 1.807) is 29.6 Å². The number of rotatable bonds is 6. The molecule has 30 heavy (non-hydrogen) atoms. The molecule has 1 aromatic carbocycles. The molecule has 0 bridgehead atoms. The molecule has 3 heterocycles. The zero-order chi connectivity index (χ0) is 21.1. The third-order valence-electron chi connectivity index (χ3n) is 4.83. The average molecular weight is 451 g/mol. The molecule has 1 aliphatic rings. The van der Waals surface area contributed by atoms with Gasteiger partial charge in [-0.15, -0.1) is 11.3 Å². The number of carbonyl (C=O) groups excluding carboxylic acids is 1. The number of thiophene rings is 1. The van der Waals surface area contributed by atoms with Crippen LogP contribution in [0.2, 0.25) is 0 Å². The van der Waals surface area contributed by atoms with Crippen LogP contribution in [0.15, 0.2) is 56.6 Å². The van der Waals surface area contributed by atoms with Gasteiger partial charge in [-0.2, -0.15) is 4.31 Å². The van der Waals surface area contributed by atoms with Gasteiger partial charge < -0.3 is 9.15 Å². The predicted octanol–water partition coefficient (Wildman–Crippen LogP) is 3.69. The van der Waals surface area contributed by atoms with Gasteiger partial charge in [0.25, 0.3) is 10.0 Å². The fourth-order valence-corrected chi connectivity index (χ4v) is 5.93. The number of ether oxygens (including phenoxy) is 1. The van der Waals surface area contributed by atoms with Crippen LogP contribution in [0.5, 0.6) is 0 Å². The first-order valence-corrected chi connectivity index (χ1v) is 11.7. The summed E-state index contributed by atoms with van der Waals surface area (Å²) in [5.74, 6) is -0.730. The molecule has 2 aromatic heterocycles. The number of oxazole rings is 1. The number of benzene rings is 1. The molecule has 0 saturated carbocycles. The largest absolute Gasteiger partial charge is 0.455 e. The molecule has 0 spiro atoms. The SMILES string of the molecule is O=C(OCc1ncc(-c2ccc(F)cc2)o1)C1CCCN(S(=O)(=O)c2cccs2)C1. The Kier molecular flexibility index (Phi) is 5.98. The van der Waals surface area contributed by atoms with E-state index in [2.05, 4.69) is 4.98 Å². The fourth-order valence-electron chi connectivity index (χ4n) is 3.27. The number of halogens is 1. The number of carbonyl (C=O) groups is 1. The van der Waals surface area contributed by atoms with E-state index in [0.717, 1.165) is 11.3 Å². The van der Waals surface area contributed by atoms with Gasteiger partial charge in [-0.1, -0.05) is 6.07 Å². The van der Waals surface area contributed by atoms with E-state index in [9.17, 15) is 17.6 Å². The lowest BCUT2D eigenvalue weighted by Gasteiger charge is -2.30. The van der Waals surface area contributed by atoms with Crippen LogP contribution >= 0.6 is 11.3 Å². The number of esters is 1. The summed E-state index contributed by atoms with van der Waals surface area (Å²) < 4.78 is 50.9. The van der Waals surface area contributed by atoms with Gasteiger partial charge in [-0.05, 0) is 48.6 Å². The van der Waals surface area contributed by atoms with Crippen LogP contribution in [0.4, 0.5) is 4.39 Å². The molecule has 1 unspecified atom stereocenters. The summed E-state index contributed by atoms with van der Waals surface area (Å²) in [5, 5.41) is 1.71. The molecule has 7 nitrogen and oxygen atoms in total. The van der Waals surface area contributed by atoms with Gasteiger partial charge in [0, 0.05) is 18.7 Å². The maximum atomic E-state index is 13.0. The molecular formula is C20H19FN2O5S2. The van der Waals surface area contributed by atoms with Crippen molar-refractivity contribution >= 4 is 27.3 Å². The van der Waals surface area contributed by atoms with Crippen molar-refractivity contribution in [1.82, 2.24) is 9.29 Å². The molecule has 0 aliphatic carbocycles. The number of aromatic nitrogens is 1. The average Bonchev–Trinajstić information content (AvgIpc) is 3.45. The van der Waals surface area contributed by atoms with Crippen molar-refractivity contribution in [2.75, 3.05) is 13.1 Å². The van der Waals surface area contributed by atoms with Crippen molar-refractivity contribution in [3.8, 4) is 11.3 Å². The summed E-state index contributed by atoms with van der Waals surface area (Å²) in [6.45, 7) is 0.310. The number of sulfonamides is 1. The molecule has 10 heteroatoms. The van der Waals surface area contributed by atoms with Gasteiger partial charge in [-0.3, -0.25) is 4.79 Å². The Morgan fingerprint density at radius 3 is 2.83 bits per heavy atom. The van der Waals surface area contributed by atoms with Crippen LogP contribution in [0.1, 0.15) is 18.7 Å². The van der Waals surface area contributed by atoms with E-state index < -0.39 is 21.9 Å². The number of hydrogen-bond acceptors (Lipinski definition) is 7. The van der Waals surface area contributed by atoms with Crippen LogP contribution in [0.25, 0.3) is 11.3 Å². The van der Waals surface area contributed by atoms with Crippen molar-refractivity contribution in [2.24, 2.45) is 5.92 Å². The van der Waals surface area contributed by atoms with E-state index in [1.807, 2.05) is 0 Å². The molecule has 1 atom stereocenters. The highest BCUT2D eigenvalue weighted by Crippen LogP contribution is 2.27. The highest BCUT2D eigenvalue weighted by atomic mass is 32.2. The Labute approximate surface area is 177 Å². The zero-order valence-electron chi connectivity index (χ0n) is 15.9. The molecule has 1 saturated heterocycles. The standard InChI is InChI=1S/C20H19FN2O5S2/c21-16-7-5-14(6-8-16)17-11-22-18(28-17)13-27-20(24)15-3-1-9-23(12-15)30(25,26)19-4-2-10-29-19/h2,4-8,10-11,15H,1,3,9,12-13H2. The summed E-state index contributed by atoms with van der Waals surface area (Å²) in [5.41, 5.74) is 0.656. The van der Waals surface area contributed by atoms with E-state index in [0.29, 0.717) is 30.7 Å². The summed E-state index contributed by atoms with van der Waals surface area (Å²) >= 11 is 1.15. The van der Waals surface area contributed by atoms with Crippen molar-refractivity contribution < 1.29 is 26.8 Å². The second-order valence-electron chi connectivity index (χ2n) is 6.87. The van der Waals surface area contributed by atoms with E-state index in [-0.39, 0.29) is 29.1 Å². The Morgan fingerprint density at radius 2 is 2.10 bits per heavy atom. The summed E-state index contributed by atoms with van der Waals surface area (Å²) in [6.07, 6.45) is 2.62. The van der Waals surface area contributed by atoms with Gasteiger partial charge in [0.15, 0.2) is 12.4 Å². The normalized spacial score (nSPS) is 17.7. The van der Waals surface area contributed by atoms with Crippen LogP contribution in [-0.2, 0) is 26.2 Å². The maximum Gasteiger partial charge on any atom is 0.310 e. The summed E-state index contributed by atoms with van der Waals surface area (Å²) in [4.78, 5) is 16.6. The minimum absolute atomic E-state index is 0.0888. The van der Waals surface area contributed by atoms with Crippen molar-refractivity contribution in [3.63, 3.8) is 0 Å². The quantitative estimate of drug-likeness (QED) is 0.532. The molecule has 1 aliphatic heterocycles. The highest BCUT2D eigenvalue weighted by Gasteiger charge is 2.34. The second-order valence-corrected chi connectivity index (χ2v) is 9.98. The zero-order valence-corrected chi connectivity index (χ0v) is 17.5. The third-order valence-corrected chi connectivity index (χ3v) is 8.07.